The van der Waals surface area contributed by atoms with E-state index in [2.05, 4.69) is 14.8 Å². The highest BCUT2D eigenvalue weighted by Crippen LogP contribution is 2.33. The fraction of sp³-hybridized carbons (Fsp3) is 0.143. The summed E-state index contributed by atoms with van der Waals surface area (Å²) in [7, 11) is 0. The summed E-state index contributed by atoms with van der Waals surface area (Å²) in [6.07, 6.45) is 3.02. The van der Waals surface area contributed by atoms with E-state index in [-0.39, 0.29) is 23.3 Å². The summed E-state index contributed by atoms with van der Waals surface area (Å²) in [5.74, 6) is -1.06. The van der Waals surface area contributed by atoms with E-state index in [0.717, 1.165) is 5.56 Å². The summed E-state index contributed by atoms with van der Waals surface area (Å²) in [5.41, 5.74) is 3.30. The molecule has 0 saturated carbocycles. The van der Waals surface area contributed by atoms with E-state index in [9.17, 15) is 18.1 Å². The summed E-state index contributed by atoms with van der Waals surface area (Å²) in [6.45, 7) is 1.92. The smallest absolute Gasteiger partial charge is 0.250 e. The van der Waals surface area contributed by atoms with E-state index >= 15 is 0 Å². The van der Waals surface area contributed by atoms with Gasteiger partial charge in [-0.05, 0) is 53.9 Å². The third-order valence-electron chi connectivity index (χ3n) is 4.73. The molecule has 1 atom stereocenters. The van der Waals surface area contributed by atoms with Crippen molar-refractivity contribution in [3.63, 3.8) is 0 Å². The predicted molar refractivity (Wildman–Crippen MR) is 114 cm³/mol. The number of halogens is 2. The highest BCUT2D eigenvalue weighted by atomic mass is 32.2. The number of H-pyrrole nitrogens is 1. The molecule has 0 fully saturated rings. The van der Waals surface area contributed by atoms with Gasteiger partial charge in [-0.1, -0.05) is 12.1 Å². The molecule has 4 aromatic rings. The van der Waals surface area contributed by atoms with Crippen molar-refractivity contribution in [3.05, 3.63) is 81.9 Å². The molecular weight excluding hydrogens is 410 g/mol. The van der Waals surface area contributed by atoms with E-state index in [1.54, 1.807) is 43.5 Å². The van der Waals surface area contributed by atoms with Crippen molar-refractivity contribution in [2.24, 2.45) is 0 Å². The minimum atomic E-state index is -1.44. The van der Waals surface area contributed by atoms with Crippen LogP contribution in [0.5, 0.6) is 0 Å². The van der Waals surface area contributed by atoms with Crippen LogP contribution < -0.4 is 10.3 Å². The summed E-state index contributed by atoms with van der Waals surface area (Å²) >= 11 is -1.44. The number of rotatable bonds is 5. The Balaban J connectivity index is 1.90. The molecule has 2 aromatic heterocycles. The van der Waals surface area contributed by atoms with Crippen molar-refractivity contribution in [2.45, 2.75) is 13.5 Å². The van der Waals surface area contributed by atoms with Crippen LogP contribution in [0.2, 0.25) is 0 Å². The van der Waals surface area contributed by atoms with Crippen molar-refractivity contribution < 1.29 is 13.3 Å². The highest BCUT2D eigenvalue weighted by molar-refractivity contribution is 7.92. The Morgan fingerprint density at radius 3 is 2.57 bits per heavy atom. The first-order valence-corrected chi connectivity index (χ1v) is 10.6. The van der Waals surface area contributed by atoms with Gasteiger partial charge >= 0.3 is 0 Å². The Morgan fingerprint density at radius 1 is 1.17 bits per heavy atom. The maximum absolute atomic E-state index is 14.8. The molecule has 0 bridgehead atoms. The van der Waals surface area contributed by atoms with E-state index in [0.29, 0.717) is 27.9 Å². The zero-order valence-corrected chi connectivity index (χ0v) is 17.0. The number of pyridine rings is 1. The molecule has 2 aromatic carbocycles. The lowest BCUT2D eigenvalue weighted by molar-refractivity contribution is 0.549. The molecule has 2 heterocycles. The largest absolute Gasteiger partial charge is 0.593 e. The zero-order chi connectivity index (χ0) is 21.4. The van der Waals surface area contributed by atoms with Crippen molar-refractivity contribution in [2.75, 3.05) is 11.0 Å². The average Bonchev–Trinajstić information content (AvgIpc) is 3.01. The van der Waals surface area contributed by atoms with Crippen LogP contribution in [-0.4, -0.2) is 25.6 Å². The van der Waals surface area contributed by atoms with E-state index in [4.69, 9.17) is 0 Å². The third-order valence-corrected chi connectivity index (χ3v) is 5.24. The number of nitrogens with zero attached hydrogens (tertiary/aromatic N) is 2. The second-order valence-electron chi connectivity index (χ2n) is 6.95. The number of benzene rings is 2. The van der Waals surface area contributed by atoms with Gasteiger partial charge in [-0.3, -0.25) is 9.48 Å². The lowest BCUT2D eigenvalue weighted by Gasteiger charge is -2.12. The van der Waals surface area contributed by atoms with Gasteiger partial charge in [-0.25, -0.2) is 9.11 Å². The number of aryl methyl sites for hydroxylation is 1. The number of fused-ring (bicyclic) bond motifs is 1. The van der Waals surface area contributed by atoms with Gasteiger partial charge in [0.2, 0.25) is 5.95 Å². The first-order chi connectivity index (χ1) is 14.3. The second kappa shape index (κ2) is 7.92. The molecule has 6 nitrogen and oxygen atoms in total. The molecule has 0 aliphatic rings. The van der Waals surface area contributed by atoms with Crippen LogP contribution in [0, 0.1) is 18.7 Å². The molecule has 0 spiro atoms. The predicted octanol–water partition coefficient (Wildman–Crippen LogP) is 3.73. The normalized spacial score (nSPS) is 12.3. The van der Waals surface area contributed by atoms with Gasteiger partial charge in [0.05, 0.1) is 34.5 Å². The molecule has 2 N–H and O–H groups in total. The summed E-state index contributed by atoms with van der Waals surface area (Å²) in [4.78, 5) is 14.4. The molecule has 1 unspecified atom stereocenters. The van der Waals surface area contributed by atoms with Crippen molar-refractivity contribution in [1.82, 2.24) is 14.8 Å². The molecule has 4 rings (SSSR count). The van der Waals surface area contributed by atoms with Gasteiger partial charge in [-0.2, -0.15) is 4.39 Å². The molecule has 0 amide bonds. The van der Waals surface area contributed by atoms with E-state index in [1.807, 2.05) is 0 Å². The number of aromatic nitrogens is 3. The lowest BCUT2D eigenvalue weighted by atomic mass is 10.0. The topological polar surface area (TPSA) is 85.8 Å². The molecule has 30 heavy (non-hydrogen) atoms. The summed E-state index contributed by atoms with van der Waals surface area (Å²) in [5, 5.41) is 4.21. The standard InChI is InChI=1S/C21H18F2N4O2S/c1-12-7-15(10-24-21(12)28)14-8-17(26-30(2)29)19-18(9-14)27(25-20(19)23)11-13-3-5-16(22)6-4-13/h3-10,26H,11H2,1-2H3,(H,24,28). The van der Waals surface area contributed by atoms with Gasteiger partial charge in [0.1, 0.15) is 12.1 Å². The molecule has 154 valence electrons. The first kappa shape index (κ1) is 20.1. The third kappa shape index (κ3) is 3.94. The Hall–Kier alpha value is -3.17. The number of hydrogen-bond donors (Lipinski definition) is 2. The molecule has 9 heteroatoms. The maximum Gasteiger partial charge on any atom is 0.250 e. The van der Waals surface area contributed by atoms with Crippen LogP contribution in [0.1, 0.15) is 11.1 Å². The minimum absolute atomic E-state index is 0.194. The fourth-order valence-electron chi connectivity index (χ4n) is 3.31. The molecule has 0 aliphatic heterocycles. The SMILES string of the molecule is Cc1cc(-c2cc(N[S+](C)[O-])c3c(F)nn(Cc4ccc(F)cc4)c3c2)c[nH]c1=O. The van der Waals surface area contributed by atoms with E-state index < -0.39 is 17.3 Å². The summed E-state index contributed by atoms with van der Waals surface area (Å²) in [6, 6.07) is 11.0. The minimum Gasteiger partial charge on any atom is -0.593 e. The van der Waals surface area contributed by atoms with Crippen molar-refractivity contribution >= 4 is 28.0 Å². The summed E-state index contributed by atoms with van der Waals surface area (Å²) < 4.78 is 44.0. The fourth-order valence-corrected chi connectivity index (χ4v) is 3.78. The van der Waals surface area contributed by atoms with Crippen LogP contribution in [0.15, 0.2) is 53.5 Å². The average molecular weight is 428 g/mol. The van der Waals surface area contributed by atoms with E-state index in [1.165, 1.54) is 23.1 Å². The molecule has 0 aliphatic carbocycles. The highest BCUT2D eigenvalue weighted by Gasteiger charge is 2.19. The number of nitrogens with one attached hydrogen (secondary N) is 2. The monoisotopic (exact) mass is 428 g/mol. The van der Waals surface area contributed by atoms with Crippen molar-refractivity contribution in [3.8, 4) is 11.1 Å². The zero-order valence-electron chi connectivity index (χ0n) is 16.2. The van der Waals surface area contributed by atoms with Crippen LogP contribution in [-0.2, 0) is 17.9 Å². The van der Waals surface area contributed by atoms with Crippen LogP contribution >= 0.6 is 0 Å². The molecule has 0 saturated heterocycles. The van der Waals surface area contributed by atoms with Crippen LogP contribution in [0.4, 0.5) is 14.5 Å². The lowest BCUT2D eigenvalue weighted by Crippen LogP contribution is -2.11. The quantitative estimate of drug-likeness (QED) is 0.475. The Kier molecular flexibility index (Phi) is 5.31. The van der Waals surface area contributed by atoms with Crippen LogP contribution in [0.3, 0.4) is 0 Å². The van der Waals surface area contributed by atoms with Gasteiger partial charge in [-0.15, -0.1) is 5.10 Å². The van der Waals surface area contributed by atoms with Crippen LogP contribution in [0.25, 0.3) is 22.0 Å². The van der Waals surface area contributed by atoms with Gasteiger partial charge in [0.25, 0.3) is 5.56 Å². The maximum atomic E-state index is 14.8. The molecule has 0 radical (unpaired) electrons. The number of anilines is 1. The Labute approximate surface area is 173 Å². The Morgan fingerprint density at radius 2 is 1.90 bits per heavy atom. The number of hydrogen-bond acceptors (Lipinski definition) is 4. The van der Waals surface area contributed by atoms with Gasteiger partial charge in [0.15, 0.2) is 0 Å². The second-order valence-corrected chi connectivity index (χ2v) is 8.06. The van der Waals surface area contributed by atoms with Gasteiger partial charge in [0, 0.05) is 11.8 Å². The van der Waals surface area contributed by atoms with Gasteiger partial charge < -0.3 is 9.54 Å². The number of aromatic amines is 1. The first-order valence-electron chi connectivity index (χ1n) is 9.06. The Bertz CT molecular complexity index is 1280. The van der Waals surface area contributed by atoms with Crippen molar-refractivity contribution in [1.29, 1.82) is 0 Å². The molecular formula is C21H18F2N4O2S.